The van der Waals surface area contributed by atoms with E-state index in [2.05, 4.69) is 101 Å². The van der Waals surface area contributed by atoms with Crippen LogP contribution in [0.1, 0.15) is 31.2 Å². The zero-order valence-electron chi connectivity index (χ0n) is 31.7. The Morgan fingerprint density at radius 1 is 0.661 bits per heavy atom. The number of amides is 2. The molecule has 6 heterocycles. The Morgan fingerprint density at radius 3 is 1.79 bits per heavy atom. The van der Waals surface area contributed by atoms with Crippen LogP contribution >= 0.6 is 0 Å². The summed E-state index contributed by atoms with van der Waals surface area (Å²) in [4.78, 5) is 40.1. The quantitative estimate of drug-likeness (QED) is 0.206. The number of ether oxygens (including phenoxy) is 1. The molecule has 14 nitrogen and oxygen atoms in total. The molecule has 4 aromatic heterocycles. The highest BCUT2D eigenvalue weighted by Crippen LogP contribution is 2.31. The third kappa shape index (κ3) is 8.27. The minimum atomic E-state index is 0.0185. The number of morpholine rings is 1. The molecule has 4 aliphatic rings. The van der Waals surface area contributed by atoms with Gasteiger partial charge in [-0.3, -0.25) is 25.1 Å². The Hall–Kier alpha value is -5.70. The molecule has 2 amide bonds. The molecule has 0 unspecified atom stereocenters. The molecule has 2 aliphatic heterocycles. The van der Waals surface area contributed by atoms with Crippen LogP contribution in [0.15, 0.2) is 84.9 Å². The number of likely N-dealkylation sites (N-methyl/N-ethyl adjacent to an activating group) is 1. The topological polar surface area (TPSA) is 138 Å². The van der Waals surface area contributed by atoms with Crippen molar-refractivity contribution in [2.45, 2.75) is 32.2 Å². The van der Waals surface area contributed by atoms with Gasteiger partial charge in [0, 0.05) is 74.5 Å². The monoisotopic (exact) mass is 753 g/mol. The number of aromatic nitrogens is 6. The average Bonchev–Trinajstić information content (AvgIpc) is 4.17. The van der Waals surface area contributed by atoms with Crippen molar-refractivity contribution in [2.24, 2.45) is 11.8 Å². The fourth-order valence-corrected chi connectivity index (χ4v) is 7.22. The predicted octanol–water partition coefficient (Wildman–Crippen LogP) is 5.07. The summed E-state index contributed by atoms with van der Waals surface area (Å²) >= 11 is 0. The maximum absolute atomic E-state index is 12.0. The van der Waals surface area contributed by atoms with Crippen LogP contribution in [0.3, 0.4) is 0 Å². The molecule has 14 heteroatoms. The van der Waals surface area contributed by atoms with Crippen molar-refractivity contribution in [3.05, 3.63) is 90.5 Å². The number of benzene rings is 2. The second-order valence-corrected chi connectivity index (χ2v) is 15.2. The summed E-state index contributed by atoms with van der Waals surface area (Å²) in [5, 5.41) is 14.7. The highest BCUT2D eigenvalue weighted by Gasteiger charge is 2.31. The number of fused-ring (bicyclic) bond motifs is 2. The lowest BCUT2D eigenvalue weighted by Crippen LogP contribution is -2.44. The van der Waals surface area contributed by atoms with Gasteiger partial charge in [0.05, 0.1) is 24.6 Å². The number of pyridine rings is 2. The van der Waals surface area contributed by atoms with E-state index in [1.54, 1.807) is 9.03 Å². The molecule has 0 atom stereocenters. The van der Waals surface area contributed by atoms with Gasteiger partial charge in [0.15, 0.2) is 11.3 Å². The van der Waals surface area contributed by atoms with Crippen LogP contribution in [-0.2, 0) is 20.9 Å². The minimum Gasteiger partial charge on any atom is -0.379 e. The van der Waals surface area contributed by atoms with E-state index in [1.807, 2.05) is 36.4 Å². The maximum Gasteiger partial charge on any atom is 0.249 e. The maximum atomic E-state index is 12.0. The van der Waals surface area contributed by atoms with Crippen molar-refractivity contribution in [3.8, 4) is 22.5 Å². The lowest BCUT2D eigenvalue weighted by Gasteiger charge is -2.34. The molecule has 6 aromatic rings. The Morgan fingerprint density at radius 2 is 1.21 bits per heavy atom. The summed E-state index contributed by atoms with van der Waals surface area (Å²) in [5.74, 6) is 1.04. The van der Waals surface area contributed by atoms with E-state index in [1.165, 1.54) is 11.3 Å². The van der Waals surface area contributed by atoms with Crippen LogP contribution in [0.5, 0.6) is 0 Å². The van der Waals surface area contributed by atoms with Gasteiger partial charge in [-0.05, 0) is 80.8 Å². The molecule has 2 aromatic carbocycles. The largest absolute Gasteiger partial charge is 0.379 e. The van der Waals surface area contributed by atoms with E-state index in [4.69, 9.17) is 4.74 Å². The Labute approximate surface area is 325 Å². The van der Waals surface area contributed by atoms with Crippen LogP contribution in [0.2, 0.25) is 0 Å². The van der Waals surface area contributed by atoms with Crippen molar-refractivity contribution >= 4 is 40.7 Å². The summed E-state index contributed by atoms with van der Waals surface area (Å²) in [6.45, 7) is 8.73. The summed E-state index contributed by atoms with van der Waals surface area (Å²) in [6.07, 6.45) is 3.84. The van der Waals surface area contributed by atoms with E-state index in [0.717, 1.165) is 119 Å². The van der Waals surface area contributed by atoms with Gasteiger partial charge in [-0.1, -0.05) is 42.5 Å². The van der Waals surface area contributed by atoms with Crippen LogP contribution < -0.4 is 15.5 Å². The standard InChI is InChI=1S/C21H24N6O.C21H23N5O2/c1-25-11-13-26(14-12-25)17-9-7-15(8-10-17)18-3-2-4-19-22-21(24-27(18)19)23-20(28)16-5-6-16;27-20(16-7-8-16)23-21-22-19-6-2-5-18(26(19)24-21)17-4-1-3-15(13-17)14-25-9-11-28-12-10-25/h2-4,7-10,16H,5-6,11-14H2,1H3,(H,23,24,28);1-6,13,16H,7-12,14H2,(H,23,24,27). The Kier molecular flexibility index (Phi) is 10.2. The number of piperazine rings is 1. The van der Waals surface area contributed by atoms with E-state index in [0.29, 0.717) is 11.9 Å². The van der Waals surface area contributed by atoms with Gasteiger partial charge in [-0.15, -0.1) is 10.2 Å². The third-order valence-electron chi connectivity index (χ3n) is 10.8. The Bertz CT molecular complexity index is 2330. The second-order valence-electron chi connectivity index (χ2n) is 15.2. The van der Waals surface area contributed by atoms with Gasteiger partial charge in [0.25, 0.3) is 0 Å². The second kappa shape index (κ2) is 15.8. The molecule has 4 fully saturated rings. The molecule has 2 N–H and O–H groups in total. The highest BCUT2D eigenvalue weighted by molar-refractivity contribution is 5.93. The minimum absolute atomic E-state index is 0.0185. The first kappa shape index (κ1) is 36.0. The molecule has 10 rings (SSSR count). The number of rotatable bonds is 9. The SMILES string of the molecule is CN1CCN(c2ccc(-c3cccc4nc(NC(=O)C5CC5)nn34)cc2)CC1.O=C(Nc1nc2cccc(-c3cccc(CN4CCOCC4)c3)n2n1)C1CC1. The van der Waals surface area contributed by atoms with E-state index < -0.39 is 0 Å². The number of anilines is 3. The van der Waals surface area contributed by atoms with Gasteiger partial charge in [-0.25, -0.2) is 9.03 Å². The van der Waals surface area contributed by atoms with Crippen molar-refractivity contribution in [1.82, 2.24) is 39.0 Å². The van der Waals surface area contributed by atoms with Gasteiger partial charge >= 0.3 is 0 Å². The molecular formula is C42H47N11O3. The lowest BCUT2D eigenvalue weighted by atomic mass is 10.1. The number of nitrogens with zero attached hydrogens (tertiary/aromatic N) is 9. The van der Waals surface area contributed by atoms with E-state index >= 15 is 0 Å². The summed E-state index contributed by atoms with van der Waals surface area (Å²) in [5.41, 5.74) is 8.05. The fourth-order valence-electron chi connectivity index (χ4n) is 7.22. The summed E-state index contributed by atoms with van der Waals surface area (Å²) < 4.78 is 9.04. The molecule has 0 bridgehead atoms. The predicted molar refractivity (Wildman–Crippen MR) is 215 cm³/mol. The zero-order chi connectivity index (χ0) is 38.0. The molecule has 0 spiro atoms. The average molecular weight is 754 g/mol. The lowest BCUT2D eigenvalue weighted by molar-refractivity contribution is -0.118. The Balaban J connectivity index is 0.000000146. The van der Waals surface area contributed by atoms with Crippen molar-refractivity contribution in [1.29, 1.82) is 0 Å². The number of carbonyl (C=O) groups excluding carboxylic acids is 2. The van der Waals surface area contributed by atoms with Gasteiger partial charge in [-0.2, -0.15) is 9.97 Å². The number of hydrogen-bond donors (Lipinski definition) is 2. The van der Waals surface area contributed by atoms with Gasteiger partial charge < -0.3 is 14.5 Å². The molecule has 2 aliphatic carbocycles. The van der Waals surface area contributed by atoms with Crippen LogP contribution in [-0.4, -0.2) is 110 Å². The zero-order valence-corrected chi connectivity index (χ0v) is 31.7. The van der Waals surface area contributed by atoms with Gasteiger partial charge in [0.1, 0.15) is 0 Å². The first-order chi connectivity index (χ1) is 27.4. The van der Waals surface area contributed by atoms with E-state index in [9.17, 15) is 9.59 Å². The first-order valence-corrected chi connectivity index (χ1v) is 19.7. The van der Waals surface area contributed by atoms with Crippen molar-refractivity contribution in [2.75, 3.05) is 75.1 Å². The molecular weight excluding hydrogens is 707 g/mol. The van der Waals surface area contributed by atoms with Gasteiger partial charge in [0.2, 0.25) is 23.7 Å². The fraction of sp³-hybridized carbons (Fsp3) is 0.381. The number of hydrogen-bond acceptors (Lipinski definition) is 10. The van der Waals surface area contributed by atoms with Crippen LogP contribution in [0.25, 0.3) is 33.8 Å². The summed E-state index contributed by atoms with van der Waals surface area (Å²) in [6, 6.07) is 28.9. The van der Waals surface area contributed by atoms with Crippen LogP contribution in [0.4, 0.5) is 17.6 Å². The van der Waals surface area contributed by atoms with Crippen molar-refractivity contribution in [3.63, 3.8) is 0 Å². The molecule has 288 valence electrons. The third-order valence-corrected chi connectivity index (χ3v) is 10.8. The smallest absolute Gasteiger partial charge is 0.249 e. The van der Waals surface area contributed by atoms with E-state index in [-0.39, 0.29) is 23.7 Å². The summed E-state index contributed by atoms with van der Waals surface area (Å²) in [7, 11) is 2.17. The number of carbonyl (C=O) groups is 2. The first-order valence-electron chi connectivity index (χ1n) is 19.7. The molecule has 0 radical (unpaired) electrons. The molecule has 2 saturated carbocycles. The van der Waals surface area contributed by atoms with Crippen molar-refractivity contribution < 1.29 is 14.3 Å². The highest BCUT2D eigenvalue weighted by atomic mass is 16.5. The number of nitrogens with one attached hydrogen (secondary N) is 2. The van der Waals surface area contributed by atoms with Crippen LogP contribution in [0, 0.1) is 11.8 Å². The molecule has 56 heavy (non-hydrogen) atoms. The molecule has 2 saturated heterocycles. The normalized spacial score (nSPS) is 17.8.